The van der Waals surface area contributed by atoms with E-state index in [1.165, 1.54) is 0 Å². The Labute approximate surface area is 127 Å². The maximum atomic E-state index is 11.8. The minimum absolute atomic E-state index is 0.128. The van der Waals surface area contributed by atoms with E-state index in [0.717, 1.165) is 25.3 Å². The summed E-state index contributed by atoms with van der Waals surface area (Å²) in [4.78, 5) is 4.92. The van der Waals surface area contributed by atoms with Crippen LogP contribution in [-0.4, -0.2) is 63.0 Å². The highest BCUT2D eigenvalue weighted by Gasteiger charge is 2.23. The lowest BCUT2D eigenvalue weighted by Crippen LogP contribution is -2.52. The Bertz CT molecular complexity index is 557. The normalized spacial score (nSPS) is 20.7. The molecule has 0 aromatic heterocycles. The lowest BCUT2D eigenvalue weighted by Gasteiger charge is -2.40. The SMILES string of the molecule is CCS(=O)(=O)c1ccc(N2CCN(CCO)[C@H](C)C2)cc1. The van der Waals surface area contributed by atoms with E-state index in [0.29, 0.717) is 17.5 Å². The molecule has 1 N–H and O–H groups in total. The van der Waals surface area contributed by atoms with Crippen LogP contribution in [0.2, 0.25) is 0 Å². The van der Waals surface area contributed by atoms with E-state index < -0.39 is 9.84 Å². The minimum atomic E-state index is -3.13. The fourth-order valence-electron chi connectivity index (χ4n) is 2.72. The summed E-state index contributed by atoms with van der Waals surface area (Å²) in [7, 11) is -3.13. The first kappa shape index (κ1) is 16.3. The van der Waals surface area contributed by atoms with Crippen LogP contribution >= 0.6 is 0 Å². The molecule has 1 aliphatic rings. The van der Waals surface area contributed by atoms with E-state index in [1.807, 2.05) is 12.1 Å². The number of benzene rings is 1. The van der Waals surface area contributed by atoms with Crippen LogP contribution in [0.1, 0.15) is 13.8 Å². The minimum Gasteiger partial charge on any atom is -0.395 e. The molecule has 0 amide bonds. The van der Waals surface area contributed by atoms with E-state index in [9.17, 15) is 8.42 Å². The molecule has 1 saturated heterocycles. The van der Waals surface area contributed by atoms with Gasteiger partial charge in [-0.2, -0.15) is 0 Å². The third-order valence-electron chi connectivity index (χ3n) is 4.09. The molecule has 0 bridgehead atoms. The topological polar surface area (TPSA) is 60.9 Å². The number of nitrogens with zero attached hydrogens (tertiary/aromatic N) is 2. The van der Waals surface area contributed by atoms with Crippen molar-refractivity contribution in [3.63, 3.8) is 0 Å². The van der Waals surface area contributed by atoms with Crippen molar-refractivity contribution in [1.82, 2.24) is 4.90 Å². The number of hydrogen-bond acceptors (Lipinski definition) is 5. The highest BCUT2D eigenvalue weighted by atomic mass is 32.2. The molecule has 2 rings (SSSR count). The Morgan fingerprint density at radius 2 is 1.90 bits per heavy atom. The number of anilines is 1. The quantitative estimate of drug-likeness (QED) is 0.878. The van der Waals surface area contributed by atoms with Crippen molar-refractivity contribution in [2.45, 2.75) is 24.8 Å². The summed E-state index contributed by atoms with van der Waals surface area (Å²) < 4.78 is 23.6. The number of sulfone groups is 1. The van der Waals surface area contributed by atoms with Gasteiger partial charge < -0.3 is 10.0 Å². The second-order valence-corrected chi connectivity index (χ2v) is 7.73. The van der Waals surface area contributed by atoms with Crippen LogP contribution in [0, 0.1) is 0 Å². The molecular weight excluding hydrogens is 288 g/mol. The van der Waals surface area contributed by atoms with Crippen LogP contribution in [0.5, 0.6) is 0 Å². The lowest BCUT2D eigenvalue weighted by molar-refractivity contribution is 0.146. The van der Waals surface area contributed by atoms with E-state index >= 15 is 0 Å². The maximum absolute atomic E-state index is 11.8. The Hall–Kier alpha value is -1.11. The lowest BCUT2D eigenvalue weighted by atomic mass is 10.1. The van der Waals surface area contributed by atoms with Crippen molar-refractivity contribution in [3.8, 4) is 0 Å². The molecule has 6 heteroatoms. The number of aliphatic hydroxyl groups excluding tert-OH is 1. The first-order valence-electron chi connectivity index (χ1n) is 7.40. The van der Waals surface area contributed by atoms with Gasteiger partial charge in [0.2, 0.25) is 0 Å². The molecule has 118 valence electrons. The number of aliphatic hydroxyl groups is 1. The first-order valence-corrected chi connectivity index (χ1v) is 9.06. The van der Waals surface area contributed by atoms with Crippen molar-refractivity contribution in [1.29, 1.82) is 0 Å². The molecule has 1 aromatic carbocycles. The summed E-state index contributed by atoms with van der Waals surface area (Å²) in [6.45, 7) is 7.40. The molecular formula is C15H24N2O3S. The summed E-state index contributed by atoms with van der Waals surface area (Å²) in [5, 5.41) is 9.04. The van der Waals surface area contributed by atoms with E-state index in [4.69, 9.17) is 5.11 Å². The van der Waals surface area contributed by atoms with Crippen LogP contribution in [0.25, 0.3) is 0 Å². The molecule has 1 aliphatic heterocycles. The molecule has 0 unspecified atom stereocenters. The molecule has 5 nitrogen and oxygen atoms in total. The number of rotatable bonds is 5. The Morgan fingerprint density at radius 3 is 2.43 bits per heavy atom. The average molecular weight is 312 g/mol. The van der Waals surface area contributed by atoms with Crippen molar-refractivity contribution in [3.05, 3.63) is 24.3 Å². The van der Waals surface area contributed by atoms with Gasteiger partial charge >= 0.3 is 0 Å². The zero-order valence-electron chi connectivity index (χ0n) is 12.7. The maximum Gasteiger partial charge on any atom is 0.178 e. The smallest absolute Gasteiger partial charge is 0.178 e. The van der Waals surface area contributed by atoms with Crippen molar-refractivity contribution < 1.29 is 13.5 Å². The van der Waals surface area contributed by atoms with Gasteiger partial charge in [-0.05, 0) is 31.2 Å². The second kappa shape index (κ2) is 6.77. The molecule has 1 atom stereocenters. The zero-order valence-corrected chi connectivity index (χ0v) is 13.5. The predicted molar refractivity (Wildman–Crippen MR) is 84.5 cm³/mol. The third kappa shape index (κ3) is 3.75. The Morgan fingerprint density at radius 1 is 1.24 bits per heavy atom. The predicted octanol–water partition coefficient (Wildman–Crippen LogP) is 0.983. The van der Waals surface area contributed by atoms with Gasteiger partial charge in [0.1, 0.15) is 0 Å². The van der Waals surface area contributed by atoms with Crippen LogP contribution in [0.15, 0.2) is 29.2 Å². The summed E-state index contributed by atoms with van der Waals surface area (Å²) in [5.74, 6) is 0.128. The largest absolute Gasteiger partial charge is 0.395 e. The van der Waals surface area contributed by atoms with Crippen molar-refractivity contribution in [2.75, 3.05) is 43.4 Å². The van der Waals surface area contributed by atoms with E-state index in [-0.39, 0.29) is 12.4 Å². The van der Waals surface area contributed by atoms with Gasteiger partial charge in [-0.15, -0.1) is 0 Å². The number of piperazine rings is 1. The summed E-state index contributed by atoms with van der Waals surface area (Å²) >= 11 is 0. The van der Waals surface area contributed by atoms with Gasteiger partial charge in [-0.3, -0.25) is 4.90 Å². The molecule has 0 aliphatic carbocycles. The van der Waals surface area contributed by atoms with E-state index in [1.54, 1.807) is 19.1 Å². The van der Waals surface area contributed by atoms with Gasteiger partial charge in [-0.25, -0.2) is 8.42 Å². The molecule has 0 saturated carbocycles. The Balaban J connectivity index is 2.07. The van der Waals surface area contributed by atoms with E-state index in [2.05, 4.69) is 16.7 Å². The van der Waals surface area contributed by atoms with Crippen LogP contribution in [0.3, 0.4) is 0 Å². The second-order valence-electron chi connectivity index (χ2n) is 5.45. The van der Waals surface area contributed by atoms with Crippen LogP contribution in [0.4, 0.5) is 5.69 Å². The molecule has 21 heavy (non-hydrogen) atoms. The molecule has 0 spiro atoms. The summed E-state index contributed by atoms with van der Waals surface area (Å²) in [6, 6.07) is 7.54. The summed E-state index contributed by atoms with van der Waals surface area (Å²) in [5.41, 5.74) is 1.06. The van der Waals surface area contributed by atoms with Crippen molar-refractivity contribution in [2.24, 2.45) is 0 Å². The molecule has 1 fully saturated rings. The first-order chi connectivity index (χ1) is 9.97. The average Bonchev–Trinajstić information content (AvgIpc) is 2.49. The third-order valence-corrected chi connectivity index (χ3v) is 5.84. The fourth-order valence-corrected chi connectivity index (χ4v) is 3.61. The number of β-amino-alcohol motifs (C(OH)–C–C–N with tert-alkyl or cyclic N) is 1. The molecule has 0 radical (unpaired) electrons. The molecule has 1 aromatic rings. The van der Waals surface area contributed by atoms with Gasteiger partial charge in [0.15, 0.2) is 9.84 Å². The van der Waals surface area contributed by atoms with Gasteiger partial charge in [0.25, 0.3) is 0 Å². The summed E-state index contributed by atoms with van der Waals surface area (Å²) in [6.07, 6.45) is 0. The molecule has 1 heterocycles. The highest BCUT2D eigenvalue weighted by molar-refractivity contribution is 7.91. The Kier molecular flexibility index (Phi) is 5.24. The zero-order chi connectivity index (χ0) is 15.5. The van der Waals surface area contributed by atoms with Gasteiger partial charge in [-0.1, -0.05) is 6.92 Å². The van der Waals surface area contributed by atoms with Gasteiger partial charge in [0.05, 0.1) is 17.3 Å². The number of hydrogen-bond donors (Lipinski definition) is 1. The highest BCUT2D eigenvalue weighted by Crippen LogP contribution is 2.21. The van der Waals surface area contributed by atoms with Crippen LogP contribution in [-0.2, 0) is 9.84 Å². The van der Waals surface area contributed by atoms with Gasteiger partial charge in [0, 0.05) is 37.9 Å². The van der Waals surface area contributed by atoms with Crippen LogP contribution < -0.4 is 4.90 Å². The fraction of sp³-hybridized carbons (Fsp3) is 0.600. The van der Waals surface area contributed by atoms with Crippen molar-refractivity contribution >= 4 is 15.5 Å². The standard InChI is InChI=1S/C15H24N2O3S/c1-3-21(19,20)15-6-4-14(5-7-15)17-9-8-16(10-11-18)13(2)12-17/h4-7,13,18H,3,8-12H2,1-2H3/t13-/m1/s1. The monoisotopic (exact) mass is 312 g/mol.